The Hall–Kier alpha value is -1.05. The van der Waals surface area contributed by atoms with E-state index < -0.39 is 10.0 Å². The Bertz CT molecular complexity index is 393. The summed E-state index contributed by atoms with van der Waals surface area (Å²) in [4.78, 5) is 7.87. The summed E-state index contributed by atoms with van der Waals surface area (Å²) in [5.41, 5.74) is 0.922. The van der Waals surface area contributed by atoms with Crippen LogP contribution in [-0.4, -0.2) is 37.7 Å². The fourth-order valence-corrected chi connectivity index (χ4v) is 1.63. The summed E-state index contributed by atoms with van der Waals surface area (Å²) in [7, 11) is -3.06. The molecular weight excluding hydrogens is 228 g/mol. The topological polar surface area (TPSA) is 84.0 Å². The van der Waals surface area contributed by atoms with Crippen LogP contribution in [0.2, 0.25) is 0 Å². The van der Waals surface area contributed by atoms with Crippen molar-refractivity contribution in [2.24, 2.45) is 0 Å². The maximum Gasteiger partial charge on any atom is 0.208 e. The van der Waals surface area contributed by atoms with Gasteiger partial charge >= 0.3 is 0 Å². The van der Waals surface area contributed by atoms with Gasteiger partial charge in [0.25, 0.3) is 0 Å². The lowest BCUT2D eigenvalue weighted by molar-refractivity contribution is 0.578. The standard InChI is InChI=1S/C9H16N4O2S/c1-16(14,15)13-5-2-4-10-7-9-3-6-11-8-12-9/h3,6,8,10,13H,2,4-5,7H2,1H3. The predicted molar refractivity (Wildman–Crippen MR) is 61.2 cm³/mol. The number of nitrogens with one attached hydrogen (secondary N) is 2. The van der Waals surface area contributed by atoms with E-state index in [9.17, 15) is 8.42 Å². The van der Waals surface area contributed by atoms with Crippen LogP contribution in [0.15, 0.2) is 18.6 Å². The summed E-state index contributed by atoms with van der Waals surface area (Å²) < 4.78 is 23.9. The second kappa shape index (κ2) is 6.51. The van der Waals surface area contributed by atoms with Gasteiger partial charge in [-0.2, -0.15) is 0 Å². The van der Waals surface area contributed by atoms with E-state index in [4.69, 9.17) is 0 Å². The van der Waals surface area contributed by atoms with E-state index in [1.165, 1.54) is 6.33 Å². The molecule has 1 heterocycles. The zero-order valence-corrected chi connectivity index (χ0v) is 10.00. The van der Waals surface area contributed by atoms with Crippen molar-refractivity contribution in [2.75, 3.05) is 19.3 Å². The third-order valence-corrected chi connectivity index (χ3v) is 2.57. The fraction of sp³-hybridized carbons (Fsp3) is 0.556. The number of aromatic nitrogens is 2. The number of sulfonamides is 1. The maximum absolute atomic E-state index is 10.7. The molecule has 0 spiro atoms. The monoisotopic (exact) mass is 244 g/mol. The van der Waals surface area contributed by atoms with Crippen molar-refractivity contribution in [3.05, 3.63) is 24.3 Å². The van der Waals surface area contributed by atoms with Crippen molar-refractivity contribution < 1.29 is 8.42 Å². The van der Waals surface area contributed by atoms with Crippen molar-refractivity contribution in [3.8, 4) is 0 Å². The molecule has 0 bridgehead atoms. The molecule has 7 heteroatoms. The van der Waals surface area contributed by atoms with E-state index in [-0.39, 0.29) is 0 Å². The van der Waals surface area contributed by atoms with Crippen LogP contribution in [0.25, 0.3) is 0 Å². The lowest BCUT2D eigenvalue weighted by Gasteiger charge is -2.04. The highest BCUT2D eigenvalue weighted by atomic mass is 32.2. The Kier molecular flexibility index (Phi) is 5.30. The lowest BCUT2D eigenvalue weighted by Crippen LogP contribution is -2.26. The molecule has 0 saturated carbocycles. The summed E-state index contributed by atoms with van der Waals surface area (Å²) in [5.74, 6) is 0. The minimum absolute atomic E-state index is 0.454. The number of hydrogen-bond acceptors (Lipinski definition) is 5. The summed E-state index contributed by atoms with van der Waals surface area (Å²) in [6.07, 6.45) is 5.09. The van der Waals surface area contributed by atoms with Crippen molar-refractivity contribution >= 4 is 10.0 Å². The minimum Gasteiger partial charge on any atom is -0.311 e. The lowest BCUT2D eigenvalue weighted by atomic mass is 10.4. The summed E-state index contributed by atoms with van der Waals surface area (Å²) in [6.45, 7) is 1.86. The molecule has 0 amide bonds. The van der Waals surface area contributed by atoms with E-state index in [1.807, 2.05) is 6.07 Å². The van der Waals surface area contributed by atoms with Gasteiger partial charge in [-0.25, -0.2) is 23.1 Å². The van der Waals surface area contributed by atoms with Crippen molar-refractivity contribution in [1.29, 1.82) is 0 Å². The molecule has 0 aromatic carbocycles. The van der Waals surface area contributed by atoms with Crippen LogP contribution in [-0.2, 0) is 16.6 Å². The van der Waals surface area contributed by atoms with Gasteiger partial charge in [0.1, 0.15) is 6.33 Å². The largest absolute Gasteiger partial charge is 0.311 e. The quantitative estimate of drug-likeness (QED) is 0.632. The van der Waals surface area contributed by atoms with E-state index in [0.717, 1.165) is 24.9 Å². The number of nitrogens with zero attached hydrogens (tertiary/aromatic N) is 2. The van der Waals surface area contributed by atoms with Crippen LogP contribution >= 0.6 is 0 Å². The molecular formula is C9H16N4O2S. The molecule has 16 heavy (non-hydrogen) atoms. The maximum atomic E-state index is 10.7. The Labute approximate surface area is 95.6 Å². The highest BCUT2D eigenvalue weighted by Gasteiger charge is 1.98. The molecule has 1 rings (SSSR count). The molecule has 0 unspecified atom stereocenters. The molecule has 0 aliphatic carbocycles. The Morgan fingerprint density at radius 3 is 2.81 bits per heavy atom. The van der Waals surface area contributed by atoms with Gasteiger partial charge in [-0.3, -0.25) is 0 Å². The van der Waals surface area contributed by atoms with Crippen LogP contribution in [0.5, 0.6) is 0 Å². The van der Waals surface area contributed by atoms with E-state index in [0.29, 0.717) is 13.1 Å². The van der Waals surface area contributed by atoms with Crippen LogP contribution in [0.1, 0.15) is 12.1 Å². The van der Waals surface area contributed by atoms with E-state index >= 15 is 0 Å². The predicted octanol–water partition coefficient (Wildman–Crippen LogP) is -0.494. The van der Waals surface area contributed by atoms with Crippen LogP contribution < -0.4 is 10.0 Å². The third kappa shape index (κ3) is 6.44. The van der Waals surface area contributed by atoms with Crippen molar-refractivity contribution in [1.82, 2.24) is 20.0 Å². The van der Waals surface area contributed by atoms with Gasteiger partial charge in [-0.1, -0.05) is 0 Å². The Morgan fingerprint density at radius 1 is 1.38 bits per heavy atom. The first-order chi connectivity index (χ1) is 7.58. The van der Waals surface area contributed by atoms with Gasteiger partial charge in [-0.05, 0) is 19.0 Å². The molecule has 0 aliphatic rings. The fourth-order valence-electron chi connectivity index (χ4n) is 1.11. The molecule has 6 nitrogen and oxygen atoms in total. The van der Waals surface area contributed by atoms with Gasteiger partial charge in [0.15, 0.2) is 0 Å². The van der Waals surface area contributed by atoms with Gasteiger partial charge in [-0.15, -0.1) is 0 Å². The zero-order chi connectivity index (χ0) is 11.9. The van der Waals surface area contributed by atoms with Crippen molar-refractivity contribution in [3.63, 3.8) is 0 Å². The smallest absolute Gasteiger partial charge is 0.208 e. The first-order valence-corrected chi connectivity index (χ1v) is 6.87. The van der Waals surface area contributed by atoms with Gasteiger partial charge < -0.3 is 5.32 Å². The van der Waals surface area contributed by atoms with Crippen molar-refractivity contribution in [2.45, 2.75) is 13.0 Å². The molecule has 90 valence electrons. The number of hydrogen-bond donors (Lipinski definition) is 2. The summed E-state index contributed by atoms with van der Waals surface area (Å²) >= 11 is 0. The highest BCUT2D eigenvalue weighted by Crippen LogP contribution is 1.89. The average Bonchev–Trinajstić information content (AvgIpc) is 2.23. The Balaban J connectivity index is 2.05. The first kappa shape index (κ1) is 13.0. The molecule has 1 aromatic rings. The first-order valence-electron chi connectivity index (χ1n) is 4.98. The second-order valence-corrected chi connectivity index (χ2v) is 5.23. The zero-order valence-electron chi connectivity index (χ0n) is 9.18. The van der Waals surface area contributed by atoms with Gasteiger partial charge in [0.2, 0.25) is 10.0 Å². The minimum atomic E-state index is -3.06. The van der Waals surface area contributed by atoms with Crippen LogP contribution in [0, 0.1) is 0 Å². The molecule has 2 N–H and O–H groups in total. The molecule has 1 aromatic heterocycles. The summed E-state index contributed by atoms with van der Waals surface area (Å²) in [5, 5.41) is 3.16. The average molecular weight is 244 g/mol. The van der Waals surface area contributed by atoms with Gasteiger partial charge in [0, 0.05) is 19.3 Å². The van der Waals surface area contributed by atoms with Gasteiger partial charge in [0.05, 0.1) is 11.9 Å². The highest BCUT2D eigenvalue weighted by molar-refractivity contribution is 7.88. The van der Waals surface area contributed by atoms with Crippen LogP contribution in [0.3, 0.4) is 0 Å². The van der Waals surface area contributed by atoms with Crippen LogP contribution in [0.4, 0.5) is 0 Å². The van der Waals surface area contributed by atoms with E-state index in [1.54, 1.807) is 6.20 Å². The molecule has 0 atom stereocenters. The summed E-state index contributed by atoms with van der Waals surface area (Å²) in [6, 6.07) is 1.84. The third-order valence-electron chi connectivity index (χ3n) is 1.84. The molecule has 0 saturated heterocycles. The second-order valence-electron chi connectivity index (χ2n) is 3.40. The van der Waals surface area contributed by atoms with E-state index in [2.05, 4.69) is 20.0 Å². The molecule has 0 aliphatic heterocycles. The molecule has 0 fully saturated rings. The Morgan fingerprint density at radius 2 is 2.19 bits per heavy atom. The number of rotatable bonds is 7. The SMILES string of the molecule is CS(=O)(=O)NCCCNCc1ccncn1. The molecule has 0 radical (unpaired) electrons. The normalized spacial score (nSPS) is 11.6.